The molecule has 0 unspecified atom stereocenters. The molecular formula is C28H28N4O3. The zero-order chi connectivity index (χ0) is 24.0. The van der Waals surface area contributed by atoms with E-state index in [2.05, 4.69) is 22.1 Å². The Morgan fingerprint density at radius 2 is 1.46 bits per heavy atom. The third kappa shape index (κ3) is 5.30. The van der Waals surface area contributed by atoms with E-state index < -0.39 is 0 Å². The second kappa shape index (κ2) is 10.3. The maximum absolute atomic E-state index is 13.0. The van der Waals surface area contributed by atoms with Crippen LogP contribution in [-0.2, 0) is 6.73 Å². The second-order valence-electron chi connectivity index (χ2n) is 8.38. The summed E-state index contributed by atoms with van der Waals surface area (Å²) < 4.78 is 12.7. The smallest absolute Gasteiger partial charge is 0.274 e. The number of methoxy groups -OCH3 is 1. The summed E-state index contributed by atoms with van der Waals surface area (Å²) in [6.07, 6.45) is 1.78. The van der Waals surface area contributed by atoms with E-state index in [-0.39, 0.29) is 12.6 Å². The molecule has 0 N–H and O–H groups in total. The molecule has 1 aromatic heterocycles. The minimum atomic E-state index is -0.0506. The number of carbonyl (C=O) groups is 1. The Morgan fingerprint density at radius 3 is 2.14 bits per heavy atom. The van der Waals surface area contributed by atoms with Gasteiger partial charge in [0.05, 0.1) is 7.11 Å². The highest BCUT2D eigenvalue weighted by molar-refractivity contribution is 5.92. The number of nitrogens with zero attached hydrogens (tertiary/aromatic N) is 4. The van der Waals surface area contributed by atoms with Crippen LogP contribution in [0.25, 0.3) is 11.1 Å². The van der Waals surface area contributed by atoms with Crippen molar-refractivity contribution in [2.24, 2.45) is 0 Å². The van der Waals surface area contributed by atoms with Gasteiger partial charge in [-0.25, -0.2) is 4.68 Å². The molecule has 5 rings (SSSR count). The lowest BCUT2D eigenvalue weighted by Crippen LogP contribution is -2.48. The molecule has 7 nitrogen and oxygen atoms in total. The van der Waals surface area contributed by atoms with Crippen molar-refractivity contribution in [1.29, 1.82) is 0 Å². The minimum absolute atomic E-state index is 0.0506. The van der Waals surface area contributed by atoms with Crippen molar-refractivity contribution in [3.63, 3.8) is 0 Å². The van der Waals surface area contributed by atoms with Gasteiger partial charge in [0.2, 0.25) is 0 Å². The number of rotatable bonds is 7. The first kappa shape index (κ1) is 22.5. The van der Waals surface area contributed by atoms with Crippen molar-refractivity contribution < 1.29 is 14.3 Å². The van der Waals surface area contributed by atoms with E-state index in [1.165, 1.54) is 5.56 Å². The maximum Gasteiger partial charge on any atom is 0.274 e. The minimum Gasteiger partial charge on any atom is -0.497 e. The lowest BCUT2D eigenvalue weighted by Gasteiger charge is -2.35. The SMILES string of the molecule is COc1ccc(N2CCN(C(=O)c3ccn(COc4ccc(-c5ccccc5)cc4)n3)CC2)cc1. The number of piperazine rings is 1. The van der Waals surface area contributed by atoms with Crippen LogP contribution in [0, 0.1) is 0 Å². The van der Waals surface area contributed by atoms with E-state index in [9.17, 15) is 4.79 Å². The number of carbonyl (C=O) groups excluding carboxylic acids is 1. The van der Waals surface area contributed by atoms with E-state index in [0.717, 1.165) is 35.8 Å². The fourth-order valence-corrected chi connectivity index (χ4v) is 4.19. The molecule has 3 aromatic carbocycles. The summed E-state index contributed by atoms with van der Waals surface area (Å²) in [6, 6.07) is 27.9. The van der Waals surface area contributed by atoms with Gasteiger partial charge in [0.15, 0.2) is 12.4 Å². The second-order valence-corrected chi connectivity index (χ2v) is 8.38. The summed E-state index contributed by atoms with van der Waals surface area (Å²) in [4.78, 5) is 17.1. The zero-order valence-corrected chi connectivity index (χ0v) is 19.7. The van der Waals surface area contributed by atoms with Gasteiger partial charge in [-0.05, 0) is 53.6 Å². The van der Waals surface area contributed by atoms with Crippen molar-refractivity contribution in [2.45, 2.75) is 6.73 Å². The number of hydrogen-bond acceptors (Lipinski definition) is 5. The van der Waals surface area contributed by atoms with Gasteiger partial charge >= 0.3 is 0 Å². The molecule has 0 spiro atoms. The molecule has 0 aliphatic carbocycles. The fraction of sp³-hybridized carbons (Fsp3) is 0.214. The Bertz CT molecular complexity index is 1250. The summed E-state index contributed by atoms with van der Waals surface area (Å²) in [6.45, 7) is 3.11. The van der Waals surface area contributed by atoms with E-state index >= 15 is 0 Å². The highest BCUT2D eigenvalue weighted by atomic mass is 16.5. The van der Waals surface area contributed by atoms with Crippen molar-refractivity contribution in [3.05, 3.63) is 96.8 Å². The van der Waals surface area contributed by atoms with Crippen LogP contribution < -0.4 is 14.4 Å². The quantitative estimate of drug-likeness (QED) is 0.398. The van der Waals surface area contributed by atoms with Gasteiger partial charge < -0.3 is 19.3 Å². The highest BCUT2D eigenvalue weighted by Crippen LogP contribution is 2.23. The first-order chi connectivity index (χ1) is 17.2. The van der Waals surface area contributed by atoms with E-state index in [1.54, 1.807) is 24.1 Å². The van der Waals surface area contributed by atoms with Crippen molar-refractivity contribution in [2.75, 3.05) is 38.2 Å². The molecule has 1 amide bonds. The third-order valence-corrected chi connectivity index (χ3v) is 6.19. The van der Waals surface area contributed by atoms with Gasteiger partial charge in [-0.1, -0.05) is 42.5 Å². The zero-order valence-electron chi connectivity index (χ0n) is 19.7. The largest absolute Gasteiger partial charge is 0.497 e. The molecule has 7 heteroatoms. The number of hydrogen-bond donors (Lipinski definition) is 0. The van der Waals surface area contributed by atoms with Crippen LogP contribution in [0.15, 0.2) is 91.1 Å². The first-order valence-corrected chi connectivity index (χ1v) is 11.7. The number of anilines is 1. The molecule has 0 radical (unpaired) electrons. The van der Waals surface area contributed by atoms with Crippen molar-refractivity contribution >= 4 is 11.6 Å². The monoisotopic (exact) mass is 468 g/mol. The highest BCUT2D eigenvalue weighted by Gasteiger charge is 2.24. The Balaban J connectivity index is 1.13. The molecule has 1 aliphatic rings. The van der Waals surface area contributed by atoms with Crippen LogP contribution in [0.5, 0.6) is 11.5 Å². The Labute approximate surface area is 205 Å². The summed E-state index contributed by atoms with van der Waals surface area (Å²) >= 11 is 0. The van der Waals surface area contributed by atoms with Crippen LogP contribution >= 0.6 is 0 Å². The maximum atomic E-state index is 13.0. The van der Waals surface area contributed by atoms with Gasteiger partial charge in [0, 0.05) is 38.1 Å². The first-order valence-electron chi connectivity index (χ1n) is 11.7. The molecule has 1 aliphatic heterocycles. The van der Waals surface area contributed by atoms with Gasteiger partial charge in [-0.15, -0.1) is 0 Å². The Hall–Kier alpha value is -4.26. The standard InChI is InChI=1S/C28H28N4O3/c1-34-25-13-9-24(10-14-25)30-17-19-31(20-18-30)28(33)27-15-16-32(29-27)21-35-26-11-7-23(8-12-26)22-5-3-2-4-6-22/h2-16H,17-21H2,1H3. The van der Waals surface area contributed by atoms with Crippen molar-refractivity contribution in [1.82, 2.24) is 14.7 Å². The number of benzene rings is 3. The molecule has 35 heavy (non-hydrogen) atoms. The van der Waals surface area contributed by atoms with E-state index in [0.29, 0.717) is 18.8 Å². The van der Waals surface area contributed by atoms with Crippen LogP contribution in [0.4, 0.5) is 5.69 Å². The van der Waals surface area contributed by atoms with Crippen LogP contribution in [-0.4, -0.2) is 53.9 Å². The van der Waals surface area contributed by atoms with E-state index in [1.807, 2.05) is 71.6 Å². The molecule has 0 bridgehead atoms. The summed E-state index contributed by atoms with van der Waals surface area (Å²) in [5.74, 6) is 1.54. The summed E-state index contributed by atoms with van der Waals surface area (Å²) in [5.41, 5.74) is 3.87. The normalized spacial score (nSPS) is 13.5. The predicted octanol–water partition coefficient (Wildman–Crippen LogP) is 4.56. The van der Waals surface area contributed by atoms with Crippen LogP contribution in [0.2, 0.25) is 0 Å². The molecular weight excluding hydrogens is 440 g/mol. The Kier molecular flexibility index (Phi) is 6.66. The lowest BCUT2D eigenvalue weighted by molar-refractivity contribution is 0.0738. The van der Waals surface area contributed by atoms with Gasteiger partial charge in [-0.3, -0.25) is 4.79 Å². The average Bonchev–Trinajstić information content (AvgIpc) is 3.41. The van der Waals surface area contributed by atoms with Crippen molar-refractivity contribution in [3.8, 4) is 22.6 Å². The number of amides is 1. The van der Waals surface area contributed by atoms with Crippen LogP contribution in [0.3, 0.4) is 0 Å². The van der Waals surface area contributed by atoms with E-state index in [4.69, 9.17) is 9.47 Å². The molecule has 2 heterocycles. The van der Waals surface area contributed by atoms with Gasteiger partial charge in [-0.2, -0.15) is 5.10 Å². The van der Waals surface area contributed by atoms with Gasteiger partial charge in [0.25, 0.3) is 5.91 Å². The third-order valence-electron chi connectivity index (χ3n) is 6.19. The molecule has 1 fully saturated rings. The van der Waals surface area contributed by atoms with Gasteiger partial charge in [0.1, 0.15) is 11.5 Å². The molecule has 4 aromatic rings. The molecule has 178 valence electrons. The summed E-state index contributed by atoms with van der Waals surface area (Å²) in [7, 11) is 1.66. The predicted molar refractivity (Wildman–Crippen MR) is 136 cm³/mol. The average molecular weight is 469 g/mol. The lowest BCUT2D eigenvalue weighted by atomic mass is 10.1. The molecule has 1 saturated heterocycles. The summed E-state index contributed by atoms with van der Waals surface area (Å²) in [5, 5.41) is 4.43. The number of ether oxygens (including phenoxy) is 2. The fourth-order valence-electron chi connectivity index (χ4n) is 4.19. The molecule has 0 saturated carbocycles. The van der Waals surface area contributed by atoms with Crippen LogP contribution in [0.1, 0.15) is 10.5 Å². The Morgan fingerprint density at radius 1 is 0.800 bits per heavy atom. The molecule has 0 atom stereocenters. The topological polar surface area (TPSA) is 59.8 Å². The number of aromatic nitrogens is 2.